The van der Waals surface area contributed by atoms with Crippen LogP contribution < -0.4 is 9.13 Å². The predicted octanol–water partition coefficient (Wildman–Crippen LogP) is 3.10. The number of fused-ring (bicyclic) bond motifs is 4. The molecule has 0 spiro atoms. The molecule has 25 heavy (non-hydrogen) atoms. The average molecular weight is 324 g/mol. The molecule has 0 fully saturated rings. The van der Waals surface area contributed by atoms with Gasteiger partial charge in [0.2, 0.25) is 0 Å². The smallest absolute Gasteiger partial charge is 0.244 e. The summed E-state index contributed by atoms with van der Waals surface area (Å²) in [5, 5.41) is 2.44. The first-order chi connectivity index (χ1) is 12.2. The molecule has 118 valence electrons. The van der Waals surface area contributed by atoms with Gasteiger partial charge in [0.25, 0.3) is 11.0 Å². The second-order valence-electron chi connectivity index (χ2n) is 6.94. The van der Waals surface area contributed by atoms with Crippen LogP contribution >= 0.6 is 0 Å². The van der Waals surface area contributed by atoms with Crippen molar-refractivity contribution in [3.8, 4) is 0 Å². The van der Waals surface area contributed by atoms with Crippen molar-refractivity contribution in [1.82, 2.24) is 9.97 Å². The van der Waals surface area contributed by atoms with Crippen molar-refractivity contribution in [2.45, 2.75) is 20.5 Å². The summed E-state index contributed by atoms with van der Waals surface area (Å²) < 4.78 is 4.64. The van der Waals surface area contributed by atoms with Crippen molar-refractivity contribution in [2.24, 2.45) is 0 Å². The van der Waals surface area contributed by atoms with Gasteiger partial charge in [0.1, 0.15) is 11.0 Å². The zero-order chi connectivity index (χ0) is 16.7. The minimum absolute atomic E-state index is 0.846. The van der Waals surface area contributed by atoms with E-state index in [1.54, 1.807) is 0 Å². The maximum absolute atomic E-state index is 5.04. The standard InChI is InChI=1S/C21H16N4/c1-12-7-9-24-11-25-10-8-13(2)17-19-18(16(12)20(24)21(17)25)22-14-5-3-4-6-15(14)23-19/h3-10H,11H2,1-2H3/q+2. The number of nitrogens with zero attached hydrogens (tertiary/aromatic N) is 4. The van der Waals surface area contributed by atoms with E-state index < -0.39 is 0 Å². The maximum Gasteiger partial charge on any atom is 0.345 e. The van der Waals surface area contributed by atoms with E-state index in [-0.39, 0.29) is 0 Å². The van der Waals surface area contributed by atoms with Gasteiger partial charge in [-0.2, -0.15) is 0 Å². The summed E-state index contributed by atoms with van der Waals surface area (Å²) in [6.45, 7) is 5.18. The first kappa shape index (κ1) is 13.2. The second kappa shape index (κ2) is 4.28. The number of benzene rings is 2. The highest BCUT2D eigenvalue weighted by Crippen LogP contribution is 2.35. The van der Waals surface area contributed by atoms with E-state index in [4.69, 9.17) is 9.97 Å². The van der Waals surface area contributed by atoms with Crippen LogP contribution in [0.1, 0.15) is 11.1 Å². The summed E-state index contributed by atoms with van der Waals surface area (Å²) in [7, 11) is 0. The highest BCUT2D eigenvalue weighted by molar-refractivity contribution is 6.21. The third kappa shape index (κ3) is 1.52. The molecule has 6 rings (SSSR count). The van der Waals surface area contributed by atoms with Crippen LogP contribution in [-0.4, -0.2) is 9.97 Å². The fraction of sp³-hybridized carbons (Fsp3) is 0.143. The lowest BCUT2D eigenvalue weighted by Crippen LogP contribution is -2.45. The molecule has 4 heteroatoms. The van der Waals surface area contributed by atoms with E-state index in [9.17, 15) is 0 Å². The molecule has 4 nitrogen and oxygen atoms in total. The predicted molar refractivity (Wildman–Crippen MR) is 97.3 cm³/mol. The zero-order valence-corrected chi connectivity index (χ0v) is 14.1. The molecule has 0 unspecified atom stereocenters. The number of aryl methyl sites for hydroxylation is 2. The fourth-order valence-corrected chi connectivity index (χ4v) is 4.24. The highest BCUT2D eigenvalue weighted by atomic mass is 15.2. The van der Waals surface area contributed by atoms with Crippen LogP contribution in [0.2, 0.25) is 0 Å². The number of pyridine rings is 2. The van der Waals surface area contributed by atoms with Crippen molar-refractivity contribution in [3.05, 3.63) is 59.9 Å². The Bertz CT molecular complexity index is 1280. The van der Waals surface area contributed by atoms with Crippen molar-refractivity contribution in [2.75, 3.05) is 0 Å². The molecule has 1 aliphatic rings. The third-order valence-electron chi connectivity index (χ3n) is 5.42. The van der Waals surface area contributed by atoms with Crippen molar-refractivity contribution in [3.63, 3.8) is 0 Å². The number of hydrogen-bond acceptors (Lipinski definition) is 2. The van der Waals surface area contributed by atoms with Gasteiger partial charge in [-0.05, 0) is 37.1 Å². The Labute approximate surface area is 144 Å². The molecule has 0 aliphatic carbocycles. The molecule has 0 N–H and O–H groups in total. The lowest BCUT2D eigenvalue weighted by molar-refractivity contribution is -0.872. The van der Waals surface area contributed by atoms with Gasteiger partial charge < -0.3 is 0 Å². The van der Waals surface area contributed by atoms with E-state index in [0.717, 1.165) is 28.7 Å². The normalized spacial score (nSPS) is 13.0. The molecule has 0 amide bonds. The summed E-state index contributed by atoms with van der Waals surface area (Å²) in [5.74, 6) is 0. The molecule has 0 bridgehead atoms. The summed E-state index contributed by atoms with van der Waals surface area (Å²) in [5.41, 5.74) is 8.96. The van der Waals surface area contributed by atoms with E-state index in [2.05, 4.69) is 47.5 Å². The molecular weight excluding hydrogens is 308 g/mol. The summed E-state index contributed by atoms with van der Waals surface area (Å²) >= 11 is 0. The van der Waals surface area contributed by atoms with Gasteiger partial charge >= 0.3 is 6.67 Å². The van der Waals surface area contributed by atoms with Crippen molar-refractivity contribution in [1.29, 1.82) is 0 Å². The van der Waals surface area contributed by atoms with E-state index in [1.807, 2.05) is 24.3 Å². The third-order valence-corrected chi connectivity index (χ3v) is 5.42. The van der Waals surface area contributed by atoms with Gasteiger partial charge in [0.05, 0.1) is 21.8 Å². The Morgan fingerprint density at radius 2 is 1.20 bits per heavy atom. The maximum atomic E-state index is 5.04. The van der Waals surface area contributed by atoms with E-state index in [1.165, 1.54) is 32.9 Å². The Hall–Kier alpha value is -3.14. The quantitative estimate of drug-likeness (QED) is 0.244. The Balaban J connectivity index is 2.06. The van der Waals surface area contributed by atoms with Crippen LogP contribution in [0.25, 0.3) is 43.9 Å². The molecule has 0 saturated carbocycles. The highest BCUT2D eigenvalue weighted by Gasteiger charge is 2.35. The van der Waals surface area contributed by atoms with Crippen LogP contribution in [-0.2, 0) is 6.67 Å². The summed E-state index contributed by atoms with van der Waals surface area (Å²) in [4.78, 5) is 10.1. The molecule has 2 aromatic carbocycles. The van der Waals surface area contributed by atoms with Crippen molar-refractivity contribution >= 4 is 43.9 Å². The summed E-state index contributed by atoms with van der Waals surface area (Å²) in [6.07, 6.45) is 4.36. The topological polar surface area (TPSA) is 33.5 Å². The molecule has 5 aromatic rings. The monoisotopic (exact) mass is 324 g/mol. The van der Waals surface area contributed by atoms with Gasteiger partial charge in [-0.25, -0.2) is 9.97 Å². The molecule has 4 heterocycles. The molecule has 0 radical (unpaired) electrons. The Morgan fingerprint density at radius 3 is 1.68 bits per heavy atom. The van der Waals surface area contributed by atoms with Gasteiger partial charge in [0, 0.05) is 12.1 Å². The minimum Gasteiger partial charge on any atom is -0.244 e. The largest absolute Gasteiger partial charge is 0.345 e. The fourth-order valence-electron chi connectivity index (χ4n) is 4.24. The lowest BCUT2D eigenvalue weighted by Gasteiger charge is -2.07. The van der Waals surface area contributed by atoms with E-state index >= 15 is 0 Å². The van der Waals surface area contributed by atoms with Crippen LogP contribution in [0.5, 0.6) is 0 Å². The average Bonchev–Trinajstić information content (AvgIpc) is 3.00. The van der Waals surface area contributed by atoms with E-state index in [0.29, 0.717) is 0 Å². The first-order valence-corrected chi connectivity index (χ1v) is 8.56. The SMILES string of the molecule is Cc1cc[n+]2c3c1c1nc4ccccc4nc1c1c(C)cc[n+](c13)C2. The van der Waals surface area contributed by atoms with Gasteiger partial charge in [-0.1, -0.05) is 12.1 Å². The molecule has 0 atom stereocenters. The Morgan fingerprint density at radius 1 is 0.720 bits per heavy atom. The van der Waals surface area contributed by atoms with Crippen LogP contribution in [0, 0.1) is 13.8 Å². The van der Waals surface area contributed by atoms with Gasteiger partial charge in [0.15, 0.2) is 12.4 Å². The minimum atomic E-state index is 0.846. The lowest BCUT2D eigenvalue weighted by atomic mass is 10.0. The van der Waals surface area contributed by atoms with Crippen LogP contribution in [0.4, 0.5) is 0 Å². The van der Waals surface area contributed by atoms with Crippen molar-refractivity contribution < 1.29 is 9.13 Å². The molecule has 3 aromatic heterocycles. The summed E-state index contributed by atoms with van der Waals surface area (Å²) in [6, 6.07) is 12.5. The Kier molecular flexibility index (Phi) is 2.26. The first-order valence-electron chi connectivity index (χ1n) is 8.56. The molecular formula is C21H16N4+2. The van der Waals surface area contributed by atoms with Crippen LogP contribution in [0.3, 0.4) is 0 Å². The zero-order valence-electron chi connectivity index (χ0n) is 14.1. The van der Waals surface area contributed by atoms with Crippen LogP contribution in [0.15, 0.2) is 48.8 Å². The number of para-hydroxylation sites is 2. The van der Waals surface area contributed by atoms with Gasteiger partial charge in [-0.15, -0.1) is 9.13 Å². The number of hydrogen-bond donors (Lipinski definition) is 0. The molecule has 1 aliphatic heterocycles. The number of rotatable bonds is 0. The number of aromatic nitrogens is 4. The molecule has 0 saturated heterocycles. The second-order valence-corrected chi connectivity index (χ2v) is 6.94. The van der Waals surface area contributed by atoms with Gasteiger partial charge in [-0.3, -0.25) is 0 Å².